The fourth-order valence-corrected chi connectivity index (χ4v) is 3.31. The first-order valence-electron chi connectivity index (χ1n) is 8.23. The van der Waals surface area contributed by atoms with Crippen molar-refractivity contribution in [3.63, 3.8) is 0 Å². The van der Waals surface area contributed by atoms with E-state index in [1.165, 1.54) is 26.0 Å². The molecule has 1 amide bonds. The van der Waals surface area contributed by atoms with Crippen molar-refractivity contribution in [2.75, 3.05) is 5.75 Å². The Kier molecular flexibility index (Phi) is 6.87. The van der Waals surface area contributed by atoms with Crippen LogP contribution < -0.4 is 5.32 Å². The summed E-state index contributed by atoms with van der Waals surface area (Å²) < 4.78 is 91.6. The largest absolute Gasteiger partial charge is 0.416 e. The number of nitrogens with one attached hydrogen (secondary N) is 1. The minimum absolute atomic E-state index is 0.0671. The molecule has 0 saturated carbocycles. The van der Waals surface area contributed by atoms with Gasteiger partial charge in [-0.2, -0.15) is 13.2 Å². The highest BCUT2D eigenvalue weighted by Crippen LogP contribution is 2.33. The van der Waals surface area contributed by atoms with Crippen molar-refractivity contribution in [2.45, 2.75) is 31.5 Å². The summed E-state index contributed by atoms with van der Waals surface area (Å²) in [5, 5.41) is 2.52. The molecule has 2 rings (SSSR count). The first kappa shape index (κ1) is 23.1. The van der Waals surface area contributed by atoms with Gasteiger partial charge in [-0.05, 0) is 17.7 Å². The molecule has 0 unspecified atom stereocenters. The minimum atomic E-state index is -4.47. The topological polar surface area (TPSA) is 29.1 Å². The van der Waals surface area contributed by atoms with Crippen LogP contribution in [0.3, 0.4) is 0 Å². The molecule has 158 valence electrons. The van der Waals surface area contributed by atoms with Crippen molar-refractivity contribution in [3.8, 4) is 0 Å². The van der Waals surface area contributed by atoms with Crippen LogP contribution in [-0.4, -0.2) is 11.7 Å². The first-order valence-corrected chi connectivity index (χ1v) is 9.21. The van der Waals surface area contributed by atoms with Gasteiger partial charge >= 0.3 is 6.18 Å². The first-order chi connectivity index (χ1) is 13.3. The average Bonchev–Trinajstić information content (AvgIpc) is 2.64. The maximum Gasteiger partial charge on any atom is 0.416 e. The molecule has 2 nitrogen and oxygen atoms in total. The molecule has 10 heteroatoms. The van der Waals surface area contributed by atoms with Gasteiger partial charge in [-0.15, -0.1) is 11.8 Å². The number of alkyl halides is 3. The van der Waals surface area contributed by atoms with E-state index in [1.807, 2.05) is 0 Å². The quantitative estimate of drug-likeness (QED) is 0.356. The van der Waals surface area contributed by atoms with E-state index >= 15 is 0 Å². The van der Waals surface area contributed by atoms with E-state index in [9.17, 15) is 35.5 Å². The zero-order valence-corrected chi connectivity index (χ0v) is 16.1. The molecule has 29 heavy (non-hydrogen) atoms. The lowest BCUT2D eigenvalue weighted by atomic mass is 9.95. The van der Waals surface area contributed by atoms with Crippen LogP contribution in [0.15, 0.2) is 35.2 Å². The molecule has 0 spiro atoms. The van der Waals surface area contributed by atoms with E-state index in [0.717, 1.165) is 12.1 Å². The van der Waals surface area contributed by atoms with Gasteiger partial charge in [0.1, 0.15) is 0 Å². The second kappa shape index (κ2) is 8.64. The van der Waals surface area contributed by atoms with Crippen LogP contribution >= 0.6 is 11.8 Å². The molecular formula is C19H16F7NOS. The second-order valence-corrected chi connectivity index (χ2v) is 7.83. The van der Waals surface area contributed by atoms with Gasteiger partial charge in [-0.3, -0.25) is 4.79 Å². The van der Waals surface area contributed by atoms with E-state index in [2.05, 4.69) is 5.32 Å². The summed E-state index contributed by atoms with van der Waals surface area (Å²) in [7, 11) is 0. The molecule has 1 N–H and O–H groups in total. The van der Waals surface area contributed by atoms with Gasteiger partial charge < -0.3 is 5.32 Å². The summed E-state index contributed by atoms with van der Waals surface area (Å²) in [4.78, 5) is 11.5. The predicted molar refractivity (Wildman–Crippen MR) is 94.1 cm³/mol. The molecule has 0 heterocycles. The van der Waals surface area contributed by atoms with E-state index < -0.39 is 51.2 Å². The molecule has 2 aromatic carbocycles. The highest BCUT2D eigenvalue weighted by molar-refractivity contribution is 7.99. The zero-order valence-electron chi connectivity index (χ0n) is 15.3. The van der Waals surface area contributed by atoms with Gasteiger partial charge in [0.15, 0.2) is 23.3 Å². The Labute approximate surface area is 166 Å². The second-order valence-electron chi connectivity index (χ2n) is 6.85. The number of hydrogen-bond donors (Lipinski definition) is 1. The van der Waals surface area contributed by atoms with Crippen LogP contribution in [-0.2, 0) is 17.5 Å². The summed E-state index contributed by atoms with van der Waals surface area (Å²) in [6, 6.07) is 4.28. The number of rotatable bonds is 6. The maximum atomic E-state index is 13.7. The lowest BCUT2D eigenvalue weighted by Gasteiger charge is -2.23. The summed E-state index contributed by atoms with van der Waals surface area (Å²) in [6.45, 7) is 2.84. The molecule has 0 aliphatic heterocycles. The Bertz CT molecular complexity index is 869. The van der Waals surface area contributed by atoms with Crippen LogP contribution in [0.1, 0.15) is 25.0 Å². The van der Waals surface area contributed by atoms with Crippen molar-refractivity contribution in [1.29, 1.82) is 0 Å². The van der Waals surface area contributed by atoms with Crippen LogP contribution in [0.25, 0.3) is 0 Å². The number of amides is 1. The molecule has 0 saturated heterocycles. The smallest absolute Gasteiger partial charge is 0.352 e. The van der Waals surface area contributed by atoms with Gasteiger partial charge in [-0.1, -0.05) is 26.0 Å². The van der Waals surface area contributed by atoms with Crippen LogP contribution in [0, 0.1) is 28.7 Å². The van der Waals surface area contributed by atoms with Gasteiger partial charge in [0.05, 0.1) is 15.9 Å². The number of halogens is 7. The van der Waals surface area contributed by atoms with E-state index in [-0.39, 0.29) is 18.4 Å². The van der Waals surface area contributed by atoms with E-state index in [1.54, 1.807) is 0 Å². The normalized spacial score (nSPS) is 12.2. The monoisotopic (exact) mass is 439 g/mol. The molecule has 0 bridgehead atoms. The highest BCUT2D eigenvalue weighted by Gasteiger charge is 2.31. The molecule has 0 aromatic heterocycles. The molecule has 0 radical (unpaired) electrons. The molecule has 0 atom stereocenters. The van der Waals surface area contributed by atoms with E-state index in [4.69, 9.17) is 0 Å². The Hall–Kier alpha value is -2.23. The lowest BCUT2D eigenvalue weighted by molar-refractivity contribution is -0.137. The van der Waals surface area contributed by atoms with Crippen molar-refractivity contribution in [3.05, 3.63) is 64.7 Å². The Balaban J connectivity index is 2.00. The fourth-order valence-electron chi connectivity index (χ4n) is 2.23. The standard InChI is InChI=1S/C19H16F7NOS/c1-18(2,9-29-16-14(22)12(20)7-13(21)15(16)23)17(28)27-8-10-3-5-11(6-4-10)19(24,25)26/h3-7H,8-9H2,1-2H3,(H,27,28). The van der Waals surface area contributed by atoms with Crippen molar-refractivity contribution < 1.29 is 35.5 Å². The molecule has 0 aliphatic rings. The zero-order chi connectivity index (χ0) is 22.0. The number of carbonyl (C=O) groups is 1. The summed E-state index contributed by atoms with van der Waals surface area (Å²) in [5.41, 5.74) is -1.60. The SMILES string of the molecule is CC(C)(CSc1c(F)c(F)cc(F)c1F)C(=O)NCc1ccc(C(F)(F)F)cc1. The molecule has 2 aromatic rings. The van der Waals surface area contributed by atoms with Gasteiger partial charge in [0, 0.05) is 18.4 Å². The molecule has 0 fully saturated rings. The van der Waals surface area contributed by atoms with Crippen molar-refractivity contribution >= 4 is 17.7 Å². The lowest BCUT2D eigenvalue weighted by Crippen LogP contribution is -2.38. The van der Waals surface area contributed by atoms with Crippen LogP contribution in [0.4, 0.5) is 30.7 Å². The van der Waals surface area contributed by atoms with Gasteiger partial charge in [0.2, 0.25) is 5.91 Å². The Morgan fingerprint density at radius 3 is 1.97 bits per heavy atom. The summed E-state index contributed by atoms with van der Waals surface area (Å²) in [6.07, 6.45) is -4.47. The summed E-state index contributed by atoms with van der Waals surface area (Å²) >= 11 is 0.448. The third-order valence-electron chi connectivity index (χ3n) is 4.00. The maximum absolute atomic E-state index is 13.7. The van der Waals surface area contributed by atoms with Crippen LogP contribution in [0.5, 0.6) is 0 Å². The minimum Gasteiger partial charge on any atom is -0.352 e. The molecule has 0 aliphatic carbocycles. The number of benzene rings is 2. The highest BCUT2D eigenvalue weighted by atomic mass is 32.2. The Morgan fingerprint density at radius 2 is 1.48 bits per heavy atom. The average molecular weight is 439 g/mol. The fraction of sp³-hybridized carbons (Fsp3) is 0.316. The van der Waals surface area contributed by atoms with Gasteiger partial charge in [0.25, 0.3) is 0 Å². The number of thioether (sulfide) groups is 1. The van der Waals surface area contributed by atoms with Gasteiger partial charge in [-0.25, -0.2) is 17.6 Å². The number of carbonyl (C=O) groups excluding carboxylic acids is 1. The summed E-state index contributed by atoms with van der Waals surface area (Å²) in [5.74, 6) is -6.94. The van der Waals surface area contributed by atoms with E-state index in [0.29, 0.717) is 17.3 Å². The molecular weight excluding hydrogens is 423 g/mol. The third kappa shape index (κ3) is 5.65. The van der Waals surface area contributed by atoms with Crippen LogP contribution in [0.2, 0.25) is 0 Å². The predicted octanol–water partition coefficient (Wildman–Crippen LogP) is 5.70. The Morgan fingerprint density at radius 1 is 0.966 bits per heavy atom. The number of hydrogen-bond acceptors (Lipinski definition) is 2. The van der Waals surface area contributed by atoms with Crippen molar-refractivity contribution in [1.82, 2.24) is 5.32 Å². The van der Waals surface area contributed by atoms with Crippen molar-refractivity contribution in [2.24, 2.45) is 5.41 Å². The third-order valence-corrected chi connectivity index (χ3v) is 5.51.